The average molecular weight is 503 g/mol. The third kappa shape index (κ3) is 8.33. The third-order valence-electron chi connectivity index (χ3n) is 5.43. The molecular formula is C24H39AsGeN2. The summed E-state index contributed by atoms with van der Waals surface area (Å²) in [4.78, 5) is 0. The van der Waals surface area contributed by atoms with Crippen LogP contribution in [0.1, 0.15) is 69.6 Å². The predicted molar refractivity (Wildman–Crippen MR) is 128 cm³/mol. The van der Waals surface area contributed by atoms with Crippen molar-refractivity contribution in [2.45, 2.75) is 91.2 Å². The van der Waals surface area contributed by atoms with Crippen LogP contribution in [0.2, 0.25) is 27.2 Å². The molecule has 154 valence electrons. The molecule has 0 heterocycles. The first-order chi connectivity index (χ1) is 13.5. The molecule has 4 heteroatoms. The standard InChI is InChI=1S/C24H39AsGeN2/c1-6-9-17-26(18-10-7-2,19-11-8-3)28-21-23(20-27)24(25(4)5)22-15-13-12-14-16-22/h12-16,24H,6-11,17-19H2,1-5H3. The second kappa shape index (κ2) is 14.3. The third-order valence-corrected chi connectivity index (χ3v) is 18.1. The minimum absolute atomic E-state index is 0.228. The molecular weight excluding hydrogens is 464 g/mol. The Bertz CT molecular complexity index is 635. The van der Waals surface area contributed by atoms with Crippen molar-refractivity contribution < 1.29 is 0 Å². The Morgan fingerprint density at radius 3 is 1.86 bits per heavy atom. The van der Waals surface area contributed by atoms with Gasteiger partial charge in [0.25, 0.3) is 0 Å². The molecule has 1 aromatic rings. The summed E-state index contributed by atoms with van der Waals surface area (Å²) < 4.78 is 5.50. The molecule has 2 nitrogen and oxygen atoms in total. The second-order valence-corrected chi connectivity index (χ2v) is 21.9. The van der Waals surface area contributed by atoms with Gasteiger partial charge in [-0.3, -0.25) is 0 Å². The van der Waals surface area contributed by atoms with Crippen molar-refractivity contribution in [3.8, 4) is 6.07 Å². The van der Waals surface area contributed by atoms with Crippen LogP contribution >= 0.6 is 0 Å². The Morgan fingerprint density at radius 2 is 1.46 bits per heavy atom. The number of unbranched alkanes of at least 4 members (excludes halogenated alkanes) is 3. The fourth-order valence-corrected chi connectivity index (χ4v) is 16.1. The number of nitriles is 1. The van der Waals surface area contributed by atoms with Gasteiger partial charge in [0.2, 0.25) is 0 Å². The van der Waals surface area contributed by atoms with E-state index in [4.69, 9.17) is 3.95 Å². The van der Waals surface area contributed by atoms with Crippen molar-refractivity contribution in [3.63, 3.8) is 0 Å². The summed E-state index contributed by atoms with van der Waals surface area (Å²) in [5, 5.41) is 13.9. The van der Waals surface area contributed by atoms with E-state index in [0.29, 0.717) is 0 Å². The van der Waals surface area contributed by atoms with Gasteiger partial charge in [0.1, 0.15) is 0 Å². The Labute approximate surface area is 181 Å². The van der Waals surface area contributed by atoms with E-state index in [9.17, 15) is 5.26 Å². The van der Waals surface area contributed by atoms with Gasteiger partial charge < -0.3 is 0 Å². The summed E-state index contributed by atoms with van der Waals surface area (Å²) in [6.45, 7) is 6.84. The molecule has 1 aromatic carbocycles. The summed E-state index contributed by atoms with van der Waals surface area (Å²) >= 11 is -3.54. The van der Waals surface area contributed by atoms with Crippen LogP contribution in [0.5, 0.6) is 0 Å². The summed E-state index contributed by atoms with van der Waals surface area (Å²) in [5.74, 6) is 3.42. The number of benzene rings is 1. The molecule has 1 atom stereocenters. The van der Waals surface area contributed by atoms with Crippen molar-refractivity contribution in [1.29, 1.82) is 5.26 Å². The van der Waals surface area contributed by atoms with E-state index in [1.54, 1.807) is 0 Å². The summed E-state index contributed by atoms with van der Waals surface area (Å²) in [6, 6.07) is 13.0. The maximum absolute atomic E-state index is 9.97. The van der Waals surface area contributed by atoms with Gasteiger partial charge in [0.15, 0.2) is 0 Å². The van der Waals surface area contributed by atoms with E-state index < -0.39 is 28.1 Å². The number of rotatable bonds is 13. The normalized spacial score (nSPS) is 12.3. The van der Waals surface area contributed by atoms with Crippen LogP contribution in [0, 0.1) is 11.3 Å². The van der Waals surface area contributed by atoms with Crippen LogP contribution in [0.15, 0.2) is 39.9 Å². The van der Waals surface area contributed by atoms with Crippen LogP contribution in [-0.2, 0) is 0 Å². The predicted octanol–water partition coefficient (Wildman–Crippen LogP) is 7.53. The molecule has 0 aliphatic carbocycles. The molecule has 0 radical (unpaired) electrons. The Kier molecular flexibility index (Phi) is 12.9. The second-order valence-electron chi connectivity index (χ2n) is 8.06. The van der Waals surface area contributed by atoms with Crippen molar-refractivity contribution >= 4 is 34.0 Å². The summed E-state index contributed by atoms with van der Waals surface area (Å²) in [7, 11) is 0. The van der Waals surface area contributed by atoms with E-state index in [0.717, 1.165) is 5.57 Å². The Balaban J connectivity index is 3.37. The van der Waals surface area contributed by atoms with Gasteiger partial charge in [0, 0.05) is 0 Å². The van der Waals surface area contributed by atoms with E-state index in [1.807, 2.05) is 6.07 Å². The molecule has 0 N–H and O–H groups in total. The molecule has 0 amide bonds. The van der Waals surface area contributed by atoms with Crippen LogP contribution in [0.25, 0.3) is 0 Å². The minimum atomic E-state index is -2.36. The molecule has 0 saturated heterocycles. The average Bonchev–Trinajstić information content (AvgIpc) is 2.71. The fraction of sp³-hybridized carbons (Fsp3) is 0.625. The van der Waals surface area contributed by atoms with E-state index in [1.165, 1.54) is 59.8 Å². The molecule has 0 aliphatic heterocycles. The molecule has 0 aromatic heterocycles. The van der Waals surface area contributed by atoms with Gasteiger partial charge >= 0.3 is 182 Å². The van der Waals surface area contributed by atoms with Crippen molar-refractivity contribution in [2.24, 2.45) is 3.95 Å². The molecule has 28 heavy (non-hydrogen) atoms. The van der Waals surface area contributed by atoms with Crippen LogP contribution in [0.3, 0.4) is 0 Å². The van der Waals surface area contributed by atoms with Gasteiger partial charge in [-0.05, 0) is 0 Å². The molecule has 0 spiro atoms. The number of allylic oxidation sites excluding steroid dienone is 1. The van der Waals surface area contributed by atoms with Crippen molar-refractivity contribution in [2.75, 3.05) is 0 Å². The first-order valence-corrected chi connectivity index (χ1v) is 21.2. The van der Waals surface area contributed by atoms with E-state index in [-0.39, 0.29) is 4.71 Å². The van der Waals surface area contributed by atoms with E-state index in [2.05, 4.69) is 68.4 Å². The maximum atomic E-state index is 9.97. The Hall–Kier alpha value is -0.739. The first-order valence-electron chi connectivity index (χ1n) is 11.0. The summed E-state index contributed by atoms with van der Waals surface area (Å²) in [6.07, 6.45) is 7.55. The van der Waals surface area contributed by atoms with Crippen LogP contribution < -0.4 is 0 Å². The molecule has 0 bridgehead atoms. The number of hydrogen-bond acceptors (Lipinski definition) is 2. The molecule has 0 saturated carbocycles. The number of nitrogens with zero attached hydrogens (tertiary/aromatic N) is 2. The van der Waals surface area contributed by atoms with Crippen molar-refractivity contribution in [3.05, 3.63) is 41.5 Å². The van der Waals surface area contributed by atoms with Gasteiger partial charge in [-0.25, -0.2) is 0 Å². The van der Waals surface area contributed by atoms with E-state index >= 15 is 0 Å². The van der Waals surface area contributed by atoms with Crippen molar-refractivity contribution in [1.82, 2.24) is 0 Å². The number of hydrogen-bond donors (Lipinski definition) is 0. The zero-order chi connectivity index (χ0) is 20.8. The topological polar surface area (TPSA) is 36.1 Å². The van der Waals surface area contributed by atoms with Gasteiger partial charge in [0.05, 0.1) is 0 Å². The molecule has 0 fully saturated rings. The van der Waals surface area contributed by atoms with Crippen LogP contribution in [0.4, 0.5) is 0 Å². The summed E-state index contributed by atoms with van der Waals surface area (Å²) in [5.41, 5.74) is 6.73. The van der Waals surface area contributed by atoms with Gasteiger partial charge in [-0.1, -0.05) is 0 Å². The molecule has 1 unspecified atom stereocenters. The zero-order valence-electron chi connectivity index (χ0n) is 18.7. The Morgan fingerprint density at radius 1 is 0.964 bits per heavy atom. The van der Waals surface area contributed by atoms with Gasteiger partial charge in [-0.2, -0.15) is 0 Å². The SMILES string of the molecule is CCC[CH2][Ge]([CH2]CCC)([CH2]CCC)[N]=C=C(C#N)C(c1ccccc1)[As](C)C. The van der Waals surface area contributed by atoms with Gasteiger partial charge in [-0.15, -0.1) is 0 Å². The monoisotopic (exact) mass is 504 g/mol. The fourth-order valence-electron chi connectivity index (χ4n) is 3.74. The van der Waals surface area contributed by atoms with Crippen LogP contribution in [-0.4, -0.2) is 34.0 Å². The zero-order valence-corrected chi connectivity index (χ0v) is 22.6. The molecule has 0 aliphatic rings. The first kappa shape index (κ1) is 25.3. The quantitative estimate of drug-likeness (QED) is 0.156. The molecule has 1 rings (SSSR count).